The molecule has 2 nitrogen and oxygen atoms in total. The summed E-state index contributed by atoms with van der Waals surface area (Å²) in [6.45, 7) is 0. The van der Waals surface area contributed by atoms with Crippen LogP contribution in [0.4, 0.5) is 0 Å². The van der Waals surface area contributed by atoms with Crippen molar-refractivity contribution in [1.29, 1.82) is 0 Å². The monoisotopic (exact) mass is 279 g/mol. The summed E-state index contributed by atoms with van der Waals surface area (Å²) in [5, 5.41) is 18.3. The molecule has 0 fully saturated rings. The number of hydrogen-bond acceptors (Lipinski definition) is 2. The molecule has 0 aliphatic rings. The van der Waals surface area contributed by atoms with Crippen molar-refractivity contribution in [2.75, 3.05) is 0 Å². The Morgan fingerprint density at radius 1 is 0.619 bits per heavy atom. The van der Waals surface area contributed by atoms with Crippen molar-refractivity contribution in [3.8, 4) is 22.3 Å². The van der Waals surface area contributed by atoms with Crippen LogP contribution in [0.25, 0.3) is 22.3 Å². The summed E-state index contributed by atoms with van der Waals surface area (Å²) in [6.07, 6.45) is 0. The molecule has 0 radical (unpaired) electrons. The molecular weight excluding hydrogens is 259 g/mol. The van der Waals surface area contributed by atoms with Gasteiger partial charge in [-0.2, -0.15) is 0 Å². The molecule has 0 atom stereocenters. The van der Waals surface area contributed by atoms with Crippen LogP contribution in [0.15, 0.2) is 78.7 Å². The quantitative estimate of drug-likeness (QED) is 0.724. The van der Waals surface area contributed by atoms with E-state index in [1.807, 2.05) is 0 Å². The predicted octanol–water partition coefficient (Wildman–Crippen LogP) is 2.70. The third-order valence-electron chi connectivity index (χ3n) is 3.22. The summed E-state index contributed by atoms with van der Waals surface area (Å²) in [4.78, 5) is 0. The van der Waals surface area contributed by atoms with Crippen LogP contribution in [-0.2, 0) is 0 Å². The summed E-state index contributed by atoms with van der Waals surface area (Å²) >= 11 is 0. The van der Waals surface area contributed by atoms with Gasteiger partial charge in [-0.3, -0.25) is 0 Å². The topological polar surface area (TPSA) is 40.5 Å². The highest BCUT2D eigenvalue weighted by molar-refractivity contribution is 6.58. The van der Waals surface area contributed by atoms with Gasteiger partial charge < -0.3 is 10.0 Å². The first-order valence-electron chi connectivity index (χ1n) is 8.95. The Balaban J connectivity index is 2.01. The molecule has 3 heteroatoms. The van der Waals surface area contributed by atoms with Crippen molar-refractivity contribution < 1.29 is 16.9 Å². The fraction of sp³-hybridized carbons (Fsp3) is 0. The zero-order chi connectivity index (χ0) is 19.0. The Labute approximate surface area is 131 Å². The van der Waals surface area contributed by atoms with Gasteiger partial charge in [0.1, 0.15) is 0 Å². The number of rotatable bonds is 3. The third-order valence-corrected chi connectivity index (χ3v) is 3.22. The first kappa shape index (κ1) is 8.83. The lowest BCUT2D eigenvalue weighted by molar-refractivity contribution is 0.426. The minimum atomic E-state index is -1.52. The highest BCUT2D eigenvalue weighted by Gasteiger charge is 2.10. The molecule has 21 heavy (non-hydrogen) atoms. The molecule has 102 valence electrons. The molecule has 3 rings (SSSR count). The van der Waals surface area contributed by atoms with Crippen molar-refractivity contribution >= 4 is 12.6 Å². The van der Waals surface area contributed by atoms with E-state index < -0.39 is 13.2 Å². The van der Waals surface area contributed by atoms with Crippen LogP contribution < -0.4 is 5.46 Å². The summed E-state index contributed by atoms with van der Waals surface area (Å²) in [5.41, 5.74) is 2.82. The average Bonchev–Trinajstić information content (AvgIpc) is 2.65. The highest BCUT2D eigenvalue weighted by Crippen LogP contribution is 2.24. The molecule has 0 saturated carbocycles. The third kappa shape index (κ3) is 3.05. The smallest absolute Gasteiger partial charge is 0.423 e. The molecular formula is C18H15BO2. The Morgan fingerprint density at radius 3 is 1.52 bits per heavy atom. The van der Waals surface area contributed by atoms with Crippen molar-refractivity contribution in [3.05, 3.63) is 78.7 Å². The van der Waals surface area contributed by atoms with E-state index in [9.17, 15) is 0 Å². The Kier molecular flexibility index (Phi) is 2.50. The van der Waals surface area contributed by atoms with E-state index in [0.717, 1.165) is 11.1 Å². The zero-order valence-corrected chi connectivity index (χ0v) is 11.1. The lowest BCUT2D eigenvalue weighted by Crippen LogP contribution is -2.29. The van der Waals surface area contributed by atoms with Crippen LogP contribution in [0, 0.1) is 0 Å². The van der Waals surface area contributed by atoms with Crippen LogP contribution in [-0.4, -0.2) is 17.2 Å². The second kappa shape index (κ2) is 5.96. The van der Waals surface area contributed by atoms with Crippen LogP contribution >= 0.6 is 0 Å². The molecule has 0 bridgehead atoms. The Hall–Kier alpha value is -2.36. The van der Waals surface area contributed by atoms with Crippen molar-refractivity contribution in [2.24, 2.45) is 0 Å². The van der Waals surface area contributed by atoms with Crippen molar-refractivity contribution in [3.63, 3.8) is 0 Å². The second-order valence-electron chi connectivity index (χ2n) is 4.57. The lowest BCUT2D eigenvalue weighted by Gasteiger charge is -2.06. The van der Waals surface area contributed by atoms with Gasteiger partial charge in [0.15, 0.2) is 0 Å². The van der Waals surface area contributed by atoms with Crippen LogP contribution in [0.1, 0.15) is 6.85 Å². The molecule has 3 aromatic rings. The molecule has 0 aliphatic heterocycles. The molecule has 0 saturated heterocycles. The SMILES string of the molecule is [2H]c1c([2H])c([2H])c(-c2ccc(-c3ccc(B(O)O)cc3)cc2)c([2H])c1[2H]. The highest BCUT2D eigenvalue weighted by atomic mass is 16.4. The van der Waals surface area contributed by atoms with E-state index in [2.05, 4.69) is 0 Å². The van der Waals surface area contributed by atoms with Gasteiger partial charge in [0.25, 0.3) is 0 Å². The summed E-state index contributed by atoms with van der Waals surface area (Å²) < 4.78 is 39.3. The van der Waals surface area contributed by atoms with Gasteiger partial charge in [-0.05, 0) is 27.7 Å². The van der Waals surface area contributed by atoms with E-state index in [1.165, 1.54) is 0 Å². The molecule has 0 aromatic heterocycles. The van der Waals surface area contributed by atoms with Crippen LogP contribution in [0.3, 0.4) is 0 Å². The van der Waals surface area contributed by atoms with Gasteiger partial charge in [0.2, 0.25) is 0 Å². The Bertz CT molecular complexity index is 928. The van der Waals surface area contributed by atoms with Gasteiger partial charge in [-0.1, -0.05) is 78.7 Å². The van der Waals surface area contributed by atoms with Crippen LogP contribution in [0.2, 0.25) is 0 Å². The molecule has 3 aromatic carbocycles. The molecule has 0 aliphatic carbocycles. The van der Waals surface area contributed by atoms with Crippen LogP contribution in [0.5, 0.6) is 0 Å². The molecule has 0 heterocycles. The van der Waals surface area contributed by atoms with E-state index in [4.69, 9.17) is 16.9 Å². The first-order chi connectivity index (χ1) is 12.3. The Morgan fingerprint density at radius 2 is 1.05 bits per heavy atom. The predicted molar refractivity (Wildman–Crippen MR) is 87.1 cm³/mol. The average molecular weight is 279 g/mol. The zero-order valence-electron chi connectivity index (χ0n) is 16.1. The van der Waals surface area contributed by atoms with E-state index >= 15 is 0 Å². The second-order valence-corrected chi connectivity index (χ2v) is 4.57. The van der Waals surface area contributed by atoms with Crippen molar-refractivity contribution in [1.82, 2.24) is 0 Å². The van der Waals surface area contributed by atoms with E-state index in [1.54, 1.807) is 48.5 Å². The van der Waals surface area contributed by atoms with E-state index in [-0.39, 0.29) is 29.7 Å². The minimum Gasteiger partial charge on any atom is -0.423 e. The normalized spacial score (nSPS) is 13.7. The summed E-state index contributed by atoms with van der Waals surface area (Å²) in [6, 6.07) is 12.2. The first-order valence-corrected chi connectivity index (χ1v) is 6.45. The maximum Gasteiger partial charge on any atom is 0.488 e. The summed E-state index contributed by atoms with van der Waals surface area (Å²) in [5.74, 6) is 0. The maximum absolute atomic E-state index is 9.14. The molecule has 2 N–H and O–H groups in total. The molecule has 0 spiro atoms. The number of benzene rings is 3. The van der Waals surface area contributed by atoms with Gasteiger partial charge in [-0.25, -0.2) is 0 Å². The van der Waals surface area contributed by atoms with Gasteiger partial charge >= 0.3 is 7.12 Å². The molecule has 0 unspecified atom stereocenters. The standard InChI is InChI=1S/C18H15BO2/c20-19(21)18-12-10-17(11-13-18)16-8-6-15(7-9-16)14-4-2-1-3-5-14/h1-13,20-21H/i1D,2D,3D,4D,5D. The fourth-order valence-electron chi connectivity index (χ4n) is 2.07. The number of hydrogen-bond donors (Lipinski definition) is 2. The minimum absolute atomic E-state index is 0.168. The maximum atomic E-state index is 9.14. The fourth-order valence-corrected chi connectivity index (χ4v) is 2.07. The largest absolute Gasteiger partial charge is 0.488 e. The van der Waals surface area contributed by atoms with E-state index in [0.29, 0.717) is 11.0 Å². The van der Waals surface area contributed by atoms with Gasteiger partial charge in [0, 0.05) is 0 Å². The lowest BCUT2D eigenvalue weighted by atomic mass is 9.80. The van der Waals surface area contributed by atoms with Crippen molar-refractivity contribution in [2.45, 2.75) is 0 Å². The van der Waals surface area contributed by atoms with Gasteiger partial charge in [0.05, 0.1) is 6.85 Å². The van der Waals surface area contributed by atoms with Gasteiger partial charge in [-0.15, -0.1) is 0 Å². The summed E-state index contributed by atoms with van der Waals surface area (Å²) in [7, 11) is -1.52. The molecule has 0 amide bonds.